The van der Waals surface area contributed by atoms with E-state index in [1.165, 1.54) is 24.9 Å². The predicted octanol–water partition coefficient (Wildman–Crippen LogP) is 3.44. The molecule has 1 aromatic rings. The Morgan fingerprint density at radius 2 is 2.00 bits per heavy atom. The third kappa shape index (κ3) is 2.53. The first-order valence-electron chi connectivity index (χ1n) is 5.77. The summed E-state index contributed by atoms with van der Waals surface area (Å²) in [5.74, 6) is 1.48. The van der Waals surface area contributed by atoms with E-state index in [-0.39, 0.29) is 0 Å². The Bertz CT molecular complexity index is 307. The van der Waals surface area contributed by atoms with E-state index in [1.54, 1.807) is 0 Å². The van der Waals surface area contributed by atoms with Crippen LogP contribution in [-0.4, -0.2) is 13.1 Å². The summed E-state index contributed by atoms with van der Waals surface area (Å²) in [5, 5.41) is 4.32. The summed E-state index contributed by atoms with van der Waals surface area (Å²) in [4.78, 5) is 0. The van der Waals surface area contributed by atoms with E-state index < -0.39 is 0 Å². The summed E-state index contributed by atoms with van der Waals surface area (Å²) in [5.41, 5.74) is 1.43. The number of benzene rings is 1. The normalized spacial score (nSPS) is 25.7. The lowest BCUT2D eigenvalue weighted by atomic mass is 9.86. The van der Waals surface area contributed by atoms with Gasteiger partial charge in [0, 0.05) is 17.5 Å². The monoisotopic (exact) mass is 223 g/mol. The number of rotatable bonds is 3. The quantitative estimate of drug-likeness (QED) is 0.828. The Balaban J connectivity index is 2.11. The van der Waals surface area contributed by atoms with Gasteiger partial charge in [0.2, 0.25) is 0 Å². The molecule has 1 N–H and O–H groups in total. The summed E-state index contributed by atoms with van der Waals surface area (Å²) in [7, 11) is 0. The Labute approximate surface area is 96.8 Å². The number of hydrogen-bond acceptors (Lipinski definition) is 1. The summed E-state index contributed by atoms with van der Waals surface area (Å²) in [6, 6.07) is 8.34. The minimum Gasteiger partial charge on any atom is -0.316 e. The molecule has 1 fully saturated rings. The zero-order chi connectivity index (χ0) is 10.7. The fourth-order valence-electron chi connectivity index (χ4n) is 2.51. The lowest BCUT2D eigenvalue weighted by molar-refractivity contribution is 0.474. The van der Waals surface area contributed by atoms with E-state index >= 15 is 0 Å². The van der Waals surface area contributed by atoms with Crippen LogP contribution in [0.1, 0.15) is 31.2 Å². The molecule has 0 aliphatic carbocycles. The first-order chi connectivity index (χ1) is 7.31. The molecule has 1 saturated heterocycles. The molecule has 0 aromatic heterocycles. The molecule has 1 heterocycles. The third-order valence-electron chi connectivity index (χ3n) is 3.30. The molecule has 82 valence electrons. The molecule has 0 bridgehead atoms. The van der Waals surface area contributed by atoms with Crippen molar-refractivity contribution in [3.63, 3.8) is 0 Å². The van der Waals surface area contributed by atoms with Gasteiger partial charge in [-0.05, 0) is 36.6 Å². The van der Waals surface area contributed by atoms with Crippen LogP contribution in [0.15, 0.2) is 24.3 Å². The molecule has 1 aliphatic heterocycles. The molecule has 0 amide bonds. The van der Waals surface area contributed by atoms with Crippen molar-refractivity contribution in [3.05, 3.63) is 34.9 Å². The van der Waals surface area contributed by atoms with E-state index in [2.05, 4.69) is 24.4 Å². The molecule has 1 aromatic carbocycles. The molecule has 0 radical (unpaired) electrons. The molecule has 0 saturated carbocycles. The maximum absolute atomic E-state index is 5.90. The second kappa shape index (κ2) is 5.00. The maximum Gasteiger partial charge on any atom is 0.0406 e. The van der Waals surface area contributed by atoms with Gasteiger partial charge in [0.15, 0.2) is 0 Å². The first-order valence-corrected chi connectivity index (χ1v) is 6.15. The van der Waals surface area contributed by atoms with Crippen molar-refractivity contribution in [1.29, 1.82) is 0 Å². The van der Waals surface area contributed by atoms with E-state index in [9.17, 15) is 0 Å². The zero-order valence-corrected chi connectivity index (χ0v) is 9.93. The Morgan fingerprint density at radius 3 is 2.67 bits per heavy atom. The van der Waals surface area contributed by atoms with Gasteiger partial charge < -0.3 is 5.32 Å². The molecule has 2 rings (SSSR count). The minimum atomic E-state index is 0.683. The number of hydrogen-bond donors (Lipinski definition) is 1. The van der Waals surface area contributed by atoms with E-state index in [1.807, 2.05) is 12.1 Å². The van der Waals surface area contributed by atoms with Gasteiger partial charge in [-0.3, -0.25) is 0 Å². The Kier molecular flexibility index (Phi) is 3.66. The standard InChI is InChI=1S/C13H18ClN/c1-2-3-11-8-15-9-13(11)10-4-6-12(14)7-5-10/h4-7,11,13,15H,2-3,8-9H2,1H3/t11-,13+/m1/s1. The van der Waals surface area contributed by atoms with Crippen molar-refractivity contribution in [2.75, 3.05) is 13.1 Å². The van der Waals surface area contributed by atoms with Crippen LogP contribution < -0.4 is 5.32 Å². The van der Waals surface area contributed by atoms with Crippen LogP contribution in [0.4, 0.5) is 0 Å². The van der Waals surface area contributed by atoms with E-state index in [0.717, 1.165) is 17.5 Å². The van der Waals surface area contributed by atoms with Gasteiger partial charge >= 0.3 is 0 Å². The molecule has 0 unspecified atom stereocenters. The van der Waals surface area contributed by atoms with Crippen molar-refractivity contribution < 1.29 is 0 Å². The summed E-state index contributed by atoms with van der Waals surface area (Å²) in [6.07, 6.45) is 2.59. The summed E-state index contributed by atoms with van der Waals surface area (Å²) < 4.78 is 0. The fourth-order valence-corrected chi connectivity index (χ4v) is 2.63. The lowest BCUT2D eigenvalue weighted by Gasteiger charge is -2.18. The second-order valence-corrected chi connectivity index (χ2v) is 4.80. The number of nitrogens with one attached hydrogen (secondary N) is 1. The van der Waals surface area contributed by atoms with Gasteiger partial charge in [0.1, 0.15) is 0 Å². The highest BCUT2D eigenvalue weighted by Gasteiger charge is 2.27. The number of halogens is 1. The van der Waals surface area contributed by atoms with Crippen molar-refractivity contribution in [2.45, 2.75) is 25.7 Å². The molecule has 15 heavy (non-hydrogen) atoms. The highest BCUT2D eigenvalue weighted by Crippen LogP contribution is 2.31. The fraction of sp³-hybridized carbons (Fsp3) is 0.538. The highest BCUT2D eigenvalue weighted by atomic mass is 35.5. The molecule has 2 atom stereocenters. The Hall–Kier alpha value is -0.530. The van der Waals surface area contributed by atoms with Crippen LogP contribution in [0, 0.1) is 5.92 Å². The van der Waals surface area contributed by atoms with Crippen molar-refractivity contribution in [1.82, 2.24) is 5.32 Å². The third-order valence-corrected chi connectivity index (χ3v) is 3.55. The average molecular weight is 224 g/mol. The summed E-state index contributed by atoms with van der Waals surface area (Å²) >= 11 is 5.90. The topological polar surface area (TPSA) is 12.0 Å². The molecular weight excluding hydrogens is 206 g/mol. The van der Waals surface area contributed by atoms with Crippen LogP contribution in [0.5, 0.6) is 0 Å². The molecule has 2 heteroatoms. The maximum atomic E-state index is 5.90. The van der Waals surface area contributed by atoms with Crippen molar-refractivity contribution >= 4 is 11.6 Å². The van der Waals surface area contributed by atoms with Crippen molar-refractivity contribution in [2.24, 2.45) is 5.92 Å². The molecular formula is C13H18ClN. The van der Waals surface area contributed by atoms with Gasteiger partial charge in [-0.1, -0.05) is 37.1 Å². The van der Waals surface area contributed by atoms with Gasteiger partial charge in [-0.15, -0.1) is 0 Å². The van der Waals surface area contributed by atoms with Crippen LogP contribution in [0.2, 0.25) is 5.02 Å². The summed E-state index contributed by atoms with van der Waals surface area (Å²) in [6.45, 7) is 4.55. The van der Waals surface area contributed by atoms with Crippen LogP contribution in [0.25, 0.3) is 0 Å². The van der Waals surface area contributed by atoms with Gasteiger partial charge in [-0.2, -0.15) is 0 Å². The van der Waals surface area contributed by atoms with E-state index in [4.69, 9.17) is 11.6 Å². The largest absolute Gasteiger partial charge is 0.316 e. The lowest BCUT2D eigenvalue weighted by Crippen LogP contribution is -2.10. The Morgan fingerprint density at radius 1 is 1.27 bits per heavy atom. The zero-order valence-electron chi connectivity index (χ0n) is 9.17. The van der Waals surface area contributed by atoms with Crippen molar-refractivity contribution in [3.8, 4) is 0 Å². The van der Waals surface area contributed by atoms with Gasteiger partial charge in [-0.25, -0.2) is 0 Å². The molecule has 1 nitrogen and oxygen atoms in total. The average Bonchev–Trinajstić information content (AvgIpc) is 2.68. The molecule has 0 spiro atoms. The van der Waals surface area contributed by atoms with Crippen LogP contribution in [-0.2, 0) is 0 Å². The predicted molar refractivity (Wildman–Crippen MR) is 65.5 cm³/mol. The smallest absolute Gasteiger partial charge is 0.0406 e. The first kappa shape index (κ1) is 11.0. The van der Waals surface area contributed by atoms with E-state index in [0.29, 0.717) is 5.92 Å². The minimum absolute atomic E-state index is 0.683. The van der Waals surface area contributed by atoms with Crippen LogP contribution >= 0.6 is 11.6 Å². The SMILES string of the molecule is CCC[C@@H]1CNC[C@H]1c1ccc(Cl)cc1. The van der Waals surface area contributed by atoms with Gasteiger partial charge in [0.05, 0.1) is 0 Å². The highest BCUT2D eigenvalue weighted by molar-refractivity contribution is 6.30. The molecule has 1 aliphatic rings. The van der Waals surface area contributed by atoms with Crippen LogP contribution in [0.3, 0.4) is 0 Å². The van der Waals surface area contributed by atoms with Gasteiger partial charge in [0.25, 0.3) is 0 Å². The second-order valence-electron chi connectivity index (χ2n) is 4.37.